The monoisotopic (exact) mass is 339 g/mol. The molecule has 4 heteroatoms. The molecule has 0 saturated heterocycles. The first-order chi connectivity index (χ1) is 11.8. The van der Waals surface area contributed by atoms with Crippen LogP contribution in [0.25, 0.3) is 0 Å². The van der Waals surface area contributed by atoms with Crippen LogP contribution in [0.3, 0.4) is 0 Å². The van der Waals surface area contributed by atoms with Gasteiger partial charge in [0.1, 0.15) is 11.9 Å². The largest absolute Gasteiger partial charge is 0.496 e. The van der Waals surface area contributed by atoms with Crippen molar-refractivity contribution in [2.24, 2.45) is 5.41 Å². The van der Waals surface area contributed by atoms with Gasteiger partial charge in [0.15, 0.2) is 0 Å². The molecule has 0 bridgehead atoms. The van der Waals surface area contributed by atoms with Gasteiger partial charge in [-0.15, -0.1) is 0 Å². The van der Waals surface area contributed by atoms with E-state index in [0.29, 0.717) is 0 Å². The molecule has 1 aliphatic heterocycles. The molecule has 0 aromatic heterocycles. The molecule has 1 N–H and O–H groups in total. The van der Waals surface area contributed by atoms with Crippen molar-refractivity contribution in [1.82, 2.24) is 0 Å². The fraction of sp³-hybridized carbons (Fsp3) is 0.381. The van der Waals surface area contributed by atoms with E-state index < -0.39 is 0 Å². The fourth-order valence-electron chi connectivity index (χ4n) is 3.69. The smallest absolute Gasteiger partial charge is 0.303 e. The topological polar surface area (TPSA) is 47.6 Å². The quantitative estimate of drug-likeness (QED) is 0.816. The Labute approximate surface area is 149 Å². The zero-order valence-corrected chi connectivity index (χ0v) is 15.4. The lowest BCUT2D eigenvalue weighted by Crippen LogP contribution is -2.40. The Morgan fingerprint density at radius 2 is 1.84 bits per heavy atom. The number of aryl methyl sites for hydroxylation is 1. The van der Waals surface area contributed by atoms with Crippen molar-refractivity contribution in [2.45, 2.75) is 39.8 Å². The number of esters is 1. The predicted octanol–water partition coefficient (Wildman–Crippen LogP) is 4.80. The molecular formula is C21H25NO3. The lowest BCUT2D eigenvalue weighted by Gasteiger charge is -2.46. The molecular weight excluding hydrogens is 314 g/mol. The van der Waals surface area contributed by atoms with E-state index in [0.717, 1.165) is 28.1 Å². The second-order valence-electron chi connectivity index (χ2n) is 7.22. The standard InChI is InChI=1S/C21H25NO3/c1-13-10-11-17-16(12-13)20(25-14(2)23)21(3,4)19(22-17)15-8-6-7-9-18(15)24-5/h6-12,19-20,22H,1-5H3/t19-,20-/m0/s1. The van der Waals surface area contributed by atoms with Crippen LogP contribution >= 0.6 is 0 Å². The van der Waals surface area contributed by atoms with Crippen molar-refractivity contribution in [3.8, 4) is 5.75 Å². The number of rotatable bonds is 3. The first kappa shape index (κ1) is 17.3. The van der Waals surface area contributed by atoms with Crippen LogP contribution in [0.1, 0.15) is 49.6 Å². The van der Waals surface area contributed by atoms with Gasteiger partial charge in [-0.1, -0.05) is 49.7 Å². The van der Waals surface area contributed by atoms with E-state index in [-0.39, 0.29) is 23.5 Å². The predicted molar refractivity (Wildman–Crippen MR) is 98.8 cm³/mol. The maximum Gasteiger partial charge on any atom is 0.303 e. The van der Waals surface area contributed by atoms with Crippen LogP contribution < -0.4 is 10.1 Å². The summed E-state index contributed by atoms with van der Waals surface area (Å²) >= 11 is 0. The molecule has 0 aliphatic carbocycles. The number of hydrogen-bond donors (Lipinski definition) is 1. The number of para-hydroxylation sites is 1. The third-order valence-electron chi connectivity index (χ3n) is 4.94. The highest BCUT2D eigenvalue weighted by molar-refractivity contribution is 5.68. The number of fused-ring (bicyclic) bond motifs is 1. The molecule has 2 aromatic rings. The van der Waals surface area contributed by atoms with Gasteiger partial charge in [0.25, 0.3) is 0 Å². The van der Waals surface area contributed by atoms with Crippen molar-refractivity contribution in [1.29, 1.82) is 0 Å². The Morgan fingerprint density at radius 1 is 1.12 bits per heavy atom. The van der Waals surface area contributed by atoms with Crippen molar-refractivity contribution in [3.05, 3.63) is 59.2 Å². The lowest BCUT2D eigenvalue weighted by atomic mass is 9.70. The Hall–Kier alpha value is -2.49. The number of carbonyl (C=O) groups excluding carboxylic acids is 1. The summed E-state index contributed by atoms with van der Waals surface area (Å²) in [6, 6.07) is 14.1. The van der Waals surface area contributed by atoms with Crippen molar-refractivity contribution >= 4 is 11.7 Å². The van der Waals surface area contributed by atoms with Crippen LogP contribution in [-0.4, -0.2) is 13.1 Å². The second-order valence-corrected chi connectivity index (χ2v) is 7.22. The van der Waals surface area contributed by atoms with Gasteiger partial charge < -0.3 is 14.8 Å². The maximum absolute atomic E-state index is 11.8. The summed E-state index contributed by atoms with van der Waals surface area (Å²) in [6.07, 6.45) is -0.337. The van der Waals surface area contributed by atoms with E-state index >= 15 is 0 Å². The average molecular weight is 339 g/mol. The molecule has 0 spiro atoms. The third kappa shape index (κ3) is 3.09. The summed E-state index contributed by atoms with van der Waals surface area (Å²) in [5, 5.41) is 3.64. The van der Waals surface area contributed by atoms with Crippen LogP contribution in [0, 0.1) is 12.3 Å². The normalized spacial score (nSPS) is 21.0. The highest BCUT2D eigenvalue weighted by atomic mass is 16.5. The van der Waals surface area contributed by atoms with Crippen LogP contribution in [0.2, 0.25) is 0 Å². The molecule has 2 aromatic carbocycles. The van der Waals surface area contributed by atoms with Crippen molar-refractivity contribution in [3.63, 3.8) is 0 Å². The van der Waals surface area contributed by atoms with Gasteiger partial charge in [0.05, 0.1) is 13.2 Å². The number of methoxy groups -OCH3 is 1. The summed E-state index contributed by atoms with van der Waals surface area (Å²) in [5.74, 6) is 0.552. The molecule has 0 fully saturated rings. The maximum atomic E-state index is 11.8. The van der Waals surface area contributed by atoms with Crippen LogP contribution in [0.4, 0.5) is 5.69 Å². The van der Waals surface area contributed by atoms with E-state index in [2.05, 4.69) is 43.4 Å². The zero-order valence-electron chi connectivity index (χ0n) is 15.4. The third-order valence-corrected chi connectivity index (χ3v) is 4.94. The number of benzene rings is 2. The molecule has 3 rings (SSSR count). The molecule has 0 amide bonds. The van der Waals surface area contributed by atoms with Gasteiger partial charge in [0, 0.05) is 29.2 Å². The van der Waals surface area contributed by atoms with E-state index in [1.54, 1.807) is 7.11 Å². The molecule has 2 atom stereocenters. The first-order valence-electron chi connectivity index (χ1n) is 8.52. The molecule has 0 saturated carbocycles. The minimum atomic E-state index is -0.360. The van der Waals surface area contributed by atoms with E-state index in [1.807, 2.05) is 25.1 Å². The lowest BCUT2D eigenvalue weighted by molar-refractivity contribution is -0.154. The highest BCUT2D eigenvalue weighted by Gasteiger charge is 2.46. The summed E-state index contributed by atoms with van der Waals surface area (Å²) in [6.45, 7) is 7.75. The van der Waals surface area contributed by atoms with Gasteiger partial charge >= 0.3 is 5.97 Å². The SMILES string of the molecule is COc1ccccc1[C@@H]1Nc2ccc(C)cc2[C@H](OC(C)=O)C1(C)C. The van der Waals surface area contributed by atoms with Crippen LogP contribution in [-0.2, 0) is 9.53 Å². The molecule has 0 unspecified atom stereocenters. The van der Waals surface area contributed by atoms with Crippen molar-refractivity contribution in [2.75, 3.05) is 12.4 Å². The number of hydrogen-bond acceptors (Lipinski definition) is 4. The Kier molecular flexibility index (Phi) is 4.46. The summed E-state index contributed by atoms with van der Waals surface area (Å²) in [7, 11) is 1.68. The average Bonchev–Trinajstić information content (AvgIpc) is 2.57. The molecule has 1 heterocycles. The van der Waals surface area contributed by atoms with Gasteiger partial charge in [-0.25, -0.2) is 0 Å². The zero-order chi connectivity index (χ0) is 18.2. The van der Waals surface area contributed by atoms with Gasteiger partial charge in [-0.3, -0.25) is 4.79 Å². The minimum Gasteiger partial charge on any atom is -0.496 e. The minimum absolute atomic E-state index is 0.0526. The van der Waals surface area contributed by atoms with Crippen LogP contribution in [0.15, 0.2) is 42.5 Å². The Morgan fingerprint density at radius 3 is 2.52 bits per heavy atom. The summed E-state index contributed by atoms with van der Waals surface area (Å²) < 4.78 is 11.4. The van der Waals surface area contributed by atoms with Gasteiger partial charge in [0.2, 0.25) is 0 Å². The first-order valence-corrected chi connectivity index (χ1v) is 8.52. The Bertz CT molecular complexity index is 797. The number of nitrogens with one attached hydrogen (secondary N) is 1. The van der Waals surface area contributed by atoms with Crippen molar-refractivity contribution < 1.29 is 14.3 Å². The molecule has 1 aliphatic rings. The fourth-order valence-corrected chi connectivity index (χ4v) is 3.69. The number of anilines is 1. The molecule has 25 heavy (non-hydrogen) atoms. The molecule has 0 radical (unpaired) electrons. The van der Waals surface area contributed by atoms with E-state index in [4.69, 9.17) is 9.47 Å². The second kappa shape index (κ2) is 6.43. The van der Waals surface area contributed by atoms with E-state index in [9.17, 15) is 4.79 Å². The number of carbonyl (C=O) groups is 1. The summed E-state index contributed by atoms with van der Waals surface area (Å²) in [4.78, 5) is 11.8. The Balaban J connectivity index is 2.16. The summed E-state index contributed by atoms with van der Waals surface area (Å²) in [5.41, 5.74) is 3.85. The highest BCUT2D eigenvalue weighted by Crippen LogP contribution is 2.54. The van der Waals surface area contributed by atoms with Gasteiger partial charge in [-0.05, 0) is 19.1 Å². The molecule has 132 valence electrons. The van der Waals surface area contributed by atoms with E-state index in [1.165, 1.54) is 6.92 Å². The molecule has 4 nitrogen and oxygen atoms in total. The van der Waals surface area contributed by atoms with Crippen LogP contribution in [0.5, 0.6) is 5.75 Å². The van der Waals surface area contributed by atoms with Gasteiger partial charge in [-0.2, -0.15) is 0 Å². The number of ether oxygens (including phenoxy) is 2.